The van der Waals surface area contributed by atoms with E-state index in [2.05, 4.69) is 15.5 Å². The van der Waals surface area contributed by atoms with E-state index in [0.717, 1.165) is 0 Å². The summed E-state index contributed by atoms with van der Waals surface area (Å²) < 4.78 is 26.4. The lowest BCUT2D eigenvalue weighted by atomic mass is 10.3. The number of rotatable bonds is 9. The van der Waals surface area contributed by atoms with Crippen molar-refractivity contribution in [2.75, 3.05) is 5.32 Å². The van der Waals surface area contributed by atoms with Crippen LogP contribution in [0.4, 0.5) is 14.5 Å². The number of hydrogen-bond acceptors (Lipinski definition) is 6. The standard InChI is InChI=1S/C16H19F2N5O2S2/c1-9(26-16-22-21-13(23(16)2)8-7-12(19)24)14(25)20-10-3-5-11(6-4-10)27-15(17)18/h3-6,9,15H,7-8H2,1-2H3,(H2,19,24)(H,20,25)/t9-/m1/s1. The Morgan fingerprint density at radius 1 is 1.22 bits per heavy atom. The summed E-state index contributed by atoms with van der Waals surface area (Å²) in [7, 11) is 1.75. The molecule has 2 aromatic rings. The molecule has 0 aliphatic heterocycles. The first-order chi connectivity index (χ1) is 12.8. The van der Waals surface area contributed by atoms with Crippen LogP contribution in [0.1, 0.15) is 19.2 Å². The van der Waals surface area contributed by atoms with Crippen LogP contribution in [-0.4, -0.2) is 37.6 Å². The molecule has 1 heterocycles. The van der Waals surface area contributed by atoms with Crippen LogP contribution >= 0.6 is 23.5 Å². The average molecular weight is 415 g/mol. The molecule has 0 bridgehead atoms. The minimum absolute atomic E-state index is 0.173. The van der Waals surface area contributed by atoms with Gasteiger partial charge in [0.15, 0.2) is 5.16 Å². The van der Waals surface area contributed by atoms with Gasteiger partial charge in [-0.2, -0.15) is 8.78 Å². The van der Waals surface area contributed by atoms with E-state index in [0.29, 0.717) is 39.7 Å². The minimum atomic E-state index is -2.49. The van der Waals surface area contributed by atoms with Crippen molar-refractivity contribution in [3.05, 3.63) is 30.1 Å². The van der Waals surface area contributed by atoms with Crippen LogP contribution in [0.25, 0.3) is 0 Å². The summed E-state index contributed by atoms with van der Waals surface area (Å²) >= 11 is 1.67. The Morgan fingerprint density at radius 2 is 1.89 bits per heavy atom. The molecule has 2 rings (SSSR count). The van der Waals surface area contributed by atoms with Crippen molar-refractivity contribution < 1.29 is 18.4 Å². The number of nitrogens with one attached hydrogen (secondary N) is 1. The molecule has 146 valence electrons. The maximum Gasteiger partial charge on any atom is 0.288 e. The van der Waals surface area contributed by atoms with Crippen molar-refractivity contribution in [1.82, 2.24) is 14.8 Å². The number of alkyl halides is 2. The first kappa shape index (κ1) is 21.2. The van der Waals surface area contributed by atoms with Gasteiger partial charge in [-0.3, -0.25) is 9.59 Å². The van der Waals surface area contributed by atoms with Gasteiger partial charge in [-0.1, -0.05) is 23.5 Å². The molecule has 0 aliphatic rings. The Morgan fingerprint density at radius 3 is 2.48 bits per heavy atom. The lowest BCUT2D eigenvalue weighted by molar-refractivity contribution is -0.118. The van der Waals surface area contributed by atoms with Gasteiger partial charge in [0.1, 0.15) is 5.82 Å². The normalized spacial score (nSPS) is 12.2. The second-order valence-corrected chi connectivity index (χ2v) is 7.95. The molecule has 1 aromatic carbocycles. The molecule has 0 saturated heterocycles. The fourth-order valence-corrected chi connectivity index (χ4v) is 3.41. The molecule has 0 fully saturated rings. The minimum Gasteiger partial charge on any atom is -0.370 e. The summed E-state index contributed by atoms with van der Waals surface area (Å²) in [5.74, 6) is -2.55. The fourth-order valence-electron chi connectivity index (χ4n) is 2.08. The highest BCUT2D eigenvalue weighted by atomic mass is 32.2. The molecule has 27 heavy (non-hydrogen) atoms. The lowest BCUT2D eigenvalue weighted by Gasteiger charge is -2.12. The zero-order chi connectivity index (χ0) is 20.0. The predicted octanol–water partition coefficient (Wildman–Crippen LogP) is 2.67. The number of thioether (sulfide) groups is 2. The van der Waals surface area contributed by atoms with E-state index in [1.54, 1.807) is 30.7 Å². The molecular formula is C16H19F2N5O2S2. The van der Waals surface area contributed by atoms with Crippen molar-refractivity contribution in [1.29, 1.82) is 0 Å². The van der Waals surface area contributed by atoms with Crippen LogP contribution in [0.2, 0.25) is 0 Å². The summed E-state index contributed by atoms with van der Waals surface area (Å²) in [6.45, 7) is 1.72. The van der Waals surface area contributed by atoms with Crippen LogP contribution < -0.4 is 11.1 Å². The van der Waals surface area contributed by atoms with Gasteiger partial charge in [0, 0.05) is 30.5 Å². The number of hydrogen-bond donors (Lipinski definition) is 2. The largest absolute Gasteiger partial charge is 0.370 e. The Kier molecular flexibility index (Phi) is 7.60. The van der Waals surface area contributed by atoms with Gasteiger partial charge >= 0.3 is 0 Å². The van der Waals surface area contributed by atoms with Gasteiger partial charge in [-0.15, -0.1) is 10.2 Å². The molecule has 7 nitrogen and oxygen atoms in total. The summed E-state index contributed by atoms with van der Waals surface area (Å²) in [6.07, 6.45) is 0.551. The van der Waals surface area contributed by atoms with E-state index in [1.807, 2.05) is 0 Å². The second-order valence-electron chi connectivity index (χ2n) is 5.58. The number of benzene rings is 1. The van der Waals surface area contributed by atoms with Crippen molar-refractivity contribution in [3.8, 4) is 0 Å². The first-order valence-electron chi connectivity index (χ1n) is 7.95. The number of nitrogens with two attached hydrogens (primary N) is 1. The van der Waals surface area contributed by atoms with Gasteiger partial charge < -0.3 is 15.6 Å². The zero-order valence-corrected chi connectivity index (χ0v) is 16.3. The quantitative estimate of drug-likeness (QED) is 0.611. The lowest BCUT2D eigenvalue weighted by Crippen LogP contribution is -2.22. The van der Waals surface area contributed by atoms with Crippen molar-refractivity contribution in [2.24, 2.45) is 12.8 Å². The van der Waals surface area contributed by atoms with E-state index >= 15 is 0 Å². The molecule has 0 unspecified atom stereocenters. The van der Waals surface area contributed by atoms with E-state index in [1.165, 1.54) is 23.9 Å². The molecular weight excluding hydrogens is 396 g/mol. The summed E-state index contributed by atoms with van der Waals surface area (Å²) in [5, 5.41) is 10.8. The molecule has 1 atom stereocenters. The maximum atomic E-state index is 12.3. The van der Waals surface area contributed by atoms with Crippen molar-refractivity contribution in [2.45, 2.75) is 40.8 Å². The van der Waals surface area contributed by atoms with E-state index in [-0.39, 0.29) is 12.3 Å². The molecule has 1 aromatic heterocycles. The third-order valence-corrected chi connectivity index (χ3v) is 5.37. The number of primary amides is 1. The number of carbonyl (C=O) groups excluding carboxylic acids is 2. The highest BCUT2D eigenvalue weighted by molar-refractivity contribution is 8.00. The Labute approximate surface area is 163 Å². The molecule has 2 amide bonds. The topological polar surface area (TPSA) is 103 Å². The number of aromatic nitrogens is 3. The summed E-state index contributed by atoms with van der Waals surface area (Å²) in [6, 6.07) is 6.20. The van der Waals surface area contributed by atoms with Gasteiger partial charge in [0.2, 0.25) is 11.8 Å². The highest BCUT2D eigenvalue weighted by Gasteiger charge is 2.19. The van der Waals surface area contributed by atoms with E-state index < -0.39 is 16.9 Å². The average Bonchev–Trinajstić information content (AvgIpc) is 2.94. The zero-order valence-electron chi connectivity index (χ0n) is 14.7. The molecule has 3 N–H and O–H groups in total. The number of halogens is 2. The fraction of sp³-hybridized carbons (Fsp3) is 0.375. The van der Waals surface area contributed by atoms with Gasteiger partial charge in [0.05, 0.1) is 5.25 Å². The number of carbonyl (C=O) groups is 2. The maximum absolute atomic E-state index is 12.3. The molecule has 11 heteroatoms. The van der Waals surface area contributed by atoms with Crippen LogP contribution in [0.3, 0.4) is 0 Å². The summed E-state index contributed by atoms with van der Waals surface area (Å²) in [5.41, 5.74) is 5.65. The third-order valence-electron chi connectivity index (χ3n) is 3.52. The summed E-state index contributed by atoms with van der Waals surface area (Å²) in [4.78, 5) is 23.6. The third kappa shape index (κ3) is 6.51. The number of anilines is 1. The van der Waals surface area contributed by atoms with Crippen LogP contribution in [0.5, 0.6) is 0 Å². The number of amides is 2. The van der Waals surface area contributed by atoms with Gasteiger partial charge in [-0.25, -0.2) is 0 Å². The van der Waals surface area contributed by atoms with Crippen molar-refractivity contribution in [3.63, 3.8) is 0 Å². The second kappa shape index (κ2) is 9.70. The van der Waals surface area contributed by atoms with Gasteiger partial charge in [0.25, 0.3) is 5.76 Å². The smallest absolute Gasteiger partial charge is 0.288 e. The number of aryl methyl sites for hydroxylation is 1. The van der Waals surface area contributed by atoms with Crippen LogP contribution in [-0.2, 0) is 23.1 Å². The van der Waals surface area contributed by atoms with E-state index in [4.69, 9.17) is 5.73 Å². The molecule has 0 spiro atoms. The molecule has 0 radical (unpaired) electrons. The Hall–Kier alpha value is -2.14. The first-order valence-corrected chi connectivity index (χ1v) is 9.71. The van der Waals surface area contributed by atoms with Crippen LogP contribution in [0, 0.1) is 0 Å². The molecule has 0 saturated carbocycles. The van der Waals surface area contributed by atoms with Crippen LogP contribution in [0.15, 0.2) is 34.3 Å². The predicted molar refractivity (Wildman–Crippen MR) is 101 cm³/mol. The van der Waals surface area contributed by atoms with E-state index in [9.17, 15) is 18.4 Å². The molecule has 0 aliphatic carbocycles. The Bertz CT molecular complexity index is 799. The number of nitrogens with zero attached hydrogens (tertiary/aromatic N) is 3. The van der Waals surface area contributed by atoms with Gasteiger partial charge in [-0.05, 0) is 31.2 Å². The SMILES string of the molecule is C[C@@H](Sc1nnc(CCC(N)=O)n1C)C(=O)Nc1ccc(SC(F)F)cc1. The van der Waals surface area contributed by atoms with Crippen molar-refractivity contribution >= 4 is 41.0 Å². The Balaban J connectivity index is 1.93. The highest BCUT2D eigenvalue weighted by Crippen LogP contribution is 2.27. The monoisotopic (exact) mass is 415 g/mol.